The lowest BCUT2D eigenvalue weighted by Crippen LogP contribution is -2.42. The molecule has 0 aliphatic carbocycles. The lowest BCUT2D eigenvalue weighted by Gasteiger charge is -2.32. The zero-order valence-electron chi connectivity index (χ0n) is 11.0. The van der Waals surface area contributed by atoms with Crippen LogP contribution in [0, 0.1) is 0 Å². The molecule has 1 fully saturated rings. The van der Waals surface area contributed by atoms with E-state index in [1.165, 1.54) is 38.9 Å². The van der Waals surface area contributed by atoms with E-state index in [0.29, 0.717) is 0 Å². The van der Waals surface area contributed by atoms with Gasteiger partial charge in [-0.3, -0.25) is 0 Å². The first-order chi connectivity index (χ1) is 7.86. The highest BCUT2D eigenvalue weighted by molar-refractivity contribution is 4.76. The minimum Gasteiger partial charge on any atom is -0.381 e. The average Bonchev–Trinajstić information content (AvgIpc) is 2.31. The molecular formula is C13H28N2O. The van der Waals surface area contributed by atoms with Crippen molar-refractivity contribution >= 4 is 0 Å². The predicted octanol–water partition coefficient (Wildman–Crippen LogP) is 1.88. The van der Waals surface area contributed by atoms with Crippen molar-refractivity contribution in [1.82, 2.24) is 10.2 Å². The van der Waals surface area contributed by atoms with Gasteiger partial charge in [0.2, 0.25) is 0 Å². The van der Waals surface area contributed by atoms with E-state index in [4.69, 9.17) is 4.74 Å². The van der Waals surface area contributed by atoms with E-state index in [9.17, 15) is 0 Å². The van der Waals surface area contributed by atoms with Crippen LogP contribution in [0.4, 0.5) is 0 Å². The molecule has 0 atom stereocenters. The van der Waals surface area contributed by atoms with E-state index in [0.717, 1.165) is 32.2 Å². The van der Waals surface area contributed by atoms with Gasteiger partial charge in [0.15, 0.2) is 0 Å². The van der Waals surface area contributed by atoms with Crippen LogP contribution in [0.2, 0.25) is 0 Å². The van der Waals surface area contributed by atoms with Crippen LogP contribution in [0.1, 0.15) is 39.5 Å². The molecule has 1 saturated heterocycles. The topological polar surface area (TPSA) is 24.5 Å². The summed E-state index contributed by atoms with van der Waals surface area (Å²) >= 11 is 0. The predicted molar refractivity (Wildman–Crippen MR) is 68.9 cm³/mol. The van der Waals surface area contributed by atoms with Crippen LogP contribution in [-0.2, 0) is 4.74 Å². The van der Waals surface area contributed by atoms with Gasteiger partial charge in [0.05, 0.1) is 0 Å². The Morgan fingerprint density at radius 1 is 1.19 bits per heavy atom. The van der Waals surface area contributed by atoms with Gasteiger partial charge >= 0.3 is 0 Å². The molecule has 0 radical (unpaired) electrons. The Labute approximate surface area is 101 Å². The maximum atomic E-state index is 5.49. The van der Waals surface area contributed by atoms with Gasteiger partial charge in [0, 0.05) is 25.8 Å². The van der Waals surface area contributed by atoms with Gasteiger partial charge in [-0.2, -0.15) is 0 Å². The highest BCUT2D eigenvalue weighted by atomic mass is 16.5. The number of likely N-dealkylation sites (tertiary alicyclic amines) is 1. The van der Waals surface area contributed by atoms with E-state index < -0.39 is 0 Å². The highest BCUT2D eigenvalue weighted by Crippen LogP contribution is 2.10. The van der Waals surface area contributed by atoms with Crippen LogP contribution in [0.15, 0.2) is 0 Å². The SMILES string of the molecule is CCCOCCCN1CCC(NCC)CC1. The summed E-state index contributed by atoms with van der Waals surface area (Å²) in [6.45, 7) is 11.0. The molecule has 3 nitrogen and oxygen atoms in total. The van der Waals surface area contributed by atoms with Crippen LogP contribution in [0.5, 0.6) is 0 Å². The van der Waals surface area contributed by atoms with Crippen LogP contribution >= 0.6 is 0 Å². The van der Waals surface area contributed by atoms with Gasteiger partial charge in [-0.15, -0.1) is 0 Å². The zero-order valence-corrected chi connectivity index (χ0v) is 11.0. The molecule has 1 heterocycles. The van der Waals surface area contributed by atoms with Crippen molar-refractivity contribution in [3.63, 3.8) is 0 Å². The molecule has 3 heteroatoms. The van der Waals surface area contributed by atoms with Crippen LogP contribution in [0.25, 0.3) is 0 Å². The lowest BCUT2D eigenvalue weighted by molar-refractivity contribution is 0.114. The summed E-state index contributed by atoms with van der Waals surface area (Å²) in [7, 11) is 0. The summed E-state index contributed by atoms with van der Waals surface area (Å²) < 4.78 is 5.49. The number of ether oxygens (including phenoxy) is 1. The second kappa shape index (κ2) is 8.97. The highest BCUT2D eigenvalue weighted by Gasteiger charge is 2.17. The monoisotopic (exact) mass is 228 g/mol. The number of rotatable bonds is 8. The first kappa shape index (κ1) is 13.9. The minimum absolute atomic E-state index is 0.762. The smallest absolute Gasteiger partial charge is 0.0478 e. The molecule has 0 amide bonds. The fraction of sp³-hybridized carbons (Fsp3) is 1.00. The second-order valence-corrected chi connectivity index (χ2v) is 4.64. The van der Waals surface area contributed by atoms with Crippen LogP contribution in [0.3, 0.4) is 0 Å². The minimum atomic E-state index is 0.762. The molecule has 0 aromatic rings. The van der Waals surface area contributed by atoms with Crippen LogP contribution in [-0.4, -0.2) is 50.3 Å². The van der Waals surface area contributed by atoms with Crippen molar-refractivity contribution in [1.29, 1.82) is 0 Å². The Bertz CT molecular complexity index is 156. The molecule has 1 aliphatic heterocycles. The Kier molecular flexibility index (Phi) is 7.81. The summed E-state index contributed by atoms with van der Waals surface area (Å²) in [5.74, 6) is 0. The molecule has 16 heavy (non-hydrogen) atoms. The Morgan fingerprint density at radius 3 is 2.56 bits per heavy atom. The van der Waals surface area contributed by atoms with Crippen molar-refractivity contribution in [2.75, 3.05) is 39.4 Å². The quantitative estimate of drug-likeness (QED) is 0.642. The van der Waals surface area contributed by atoms with E-state index >= 15 is 0 Å². The van der Waals surface area contributed by atoms with Gasteiger partial charge < -0.3 is 15.0 Å². The fourth-order valence-corrected chi connectivity index (χ4v) is 2.29. The Morgan fingerprint density at radius 2 is 1.94 bits per heavy atom. The average molecular weight is 228 g/mol. The van der Waals surface area contributed by atoms with Gasteiger partial charge in [0.25, 0.3) is 0 Å². The molecular weight excluding hydrogens is 200 g/mol. The number of piperidine rings is 1. The first-order valence-electron chi connectivity index (χ1n) is 6.90. The van der Waals surface area contributed by atoms with Crippen molar-refractivity contribution < 1.29 is 4.74 Å². The normalized spacial score (nSPS) is 19.1. The molecule has 0 spiro atoms. The summed E-state index contributed by atoms with van der Waals surface area (Å²) in [5, 5.41) is 3.54. The number of hydrogen-bond donors (Lipinski definition) is 1. The van der Waals surface area contributed by atoms with Crippen LogP contribution < -0.4 is 5.32 Å². The number of nitrogens with one attached hydrogen (secondary N) is 1. The summed E-state index contributed by atoms with van der Waals surface area (Å²) in [5.41, 5.74) is 0. The van der Waals surface area contributed by atoms with E-state index in [-0.39, 0.29) is 0 Å². The Hall–Kier alpha value is -0.120. The standard InChI is InChI=1S/C13H28N2O/c1-3-11-16-12-5-8-15-9-6-13(7-10-15)14-4-2/h13-14H,3-12H2,1-2H3. The van der Waals surface area contributed by atoms with Gasteiger partial charge in [-0.05, 0) is 45.3 Å². The first-order valence-corrected chi connectivity index (χ1v) is 6.90. The molecule has 0 aromatic heterocycles. The molecule has 96 valence electrons. The number of nitrogens with zero attached hydrogens (tertiary/aromatic N) is 1. The number of hydrogen-bond acceptors (Lipinski definition) is 3. The fourth-order valence-electron chi connectivity index (χ4n) is 2.29. The van der Waals surface area contributed by atoms with Crippen molar-refractivity contribution in [2.45, 2.75) is 45.6 Å². The van der Waals surface area contributed by atoms with E-state index in [2.05, 4.69) is 24.1 Å². The zero-order chi connectivity index (χ0) is 11.6. The van der Waals surface area contributed by atoms with Crippen molar-refractivity contribution in [2.24, 2.45) is 0 Å². The van der Waals surface area contributed by atoms with Crippen molar-refractivity contribution in [3.8, 4) is 0 Å². The molecule has 0 saturated carbocycles. The summed E-state index contributed by atoms with van der Waals surface area (Å²) in [6, 6.07) is 0.762. The molecule has 1 rings (SSSR count). The van der Waals surface area contributed by atoms with E-state index in [1.807, 2.05) is 0 Å². The third kappa shape index (κ3) is 5.83. The lowest BCUT2D eigenvalue weighted by atomic mass is 10.1. The molecule has 1 aliphatic rings. The van der Waals surface area contributed by atoms with Gasteiger partial charge in [0.1, 0.15) is 0 Å². The molecule has 1 N–H and O–H groups in total. The molecule has 0 bridgehead atoms. The molecule has 0 unspecified atom stereocenters. The summed E-state index contributed by atoms with van der Waals surface area (Å²) in [6.07, 6.45) is 4.94. The third-order valence-corrected chi connectivity index (χ3v) is 3.19. The summed E-state index contributed by atoms with van der Waals surface area (Å²) in [4.78, 5) is 2.57. The van der Waals surface area contributed by atoms with Gasteiger partial charge in [-0.25, -0.2) is 0 Å². The van der Waals surface area contributed by atoms with Gasteiger partial charge in [-0.1, -0.05) is 13.8 Å². The molecule has 0 aromatic carbocycles. The van der Waals surface area contributed by atoms with E-state index in [1.54, 1.807) is 0 Å². The second-order valence-electron chi connectivity index (χ2n) is 4.64. The Balaban J connectivity index is 1.95. The largest absolute Gasteiger partial charge is 0.381 e. The third-order valence-electron chi connectivity index (χ3n) is 3.19. The maximum absolute atomic E-state index is 5.49. The maximum Gasteiger partial charge on any atom is 0.0478 e. The van der Waals surface area contributed by atoms with Crippen molar-refractivity contribution in [3.05, 3.63) is 0 Å².